The maximum atomic E-state index is 5.58. The van der Waals surface area contributed by atoms with Gasteiger partial charge in [-0.3, -0.25) is 0 Å². The summed E-state index contributed by atoms with van der Waals surface area (Å²) in [4.78, 5) is 4.27. The molecule has 0 spiro atoms. The fraction of sp³-hybridized carbons (Fsp3) is 0.417. The molecule has 0 fully saturated rings. The van der Waals surface area contributed by atoms with Crippen LogP contribution in [0.3, 0.4) is 0 Å². The maximum absolute atomic E-state index is 5.58. The number of fused-ring (bicyclic) bond motifs is 1. The fourth-order valence-electron chi connectivity index (χ4n) is 1.92. The van der Waals surface area contributed by atoms with Crippen LogP contribution in [-0.4, -0.2) is 18.6 Å². The van der Waals surface area contributed by atoms with Crippen molar-refractivity contribution in [1.29, 1.82) is 0 Å². The van der Waals surface area contributed by atoms with Crippen LogP contribution in [0.15, 0.2) is 22.6 Å². The highest BCUT2D eigenvalue weighted by Crippen LogP contribution is 2.22. The molecule has 0 radical (unpaired) electrons. The van der Waals surface area contributed by atoms with Crippen molar-refractivity contribution in [3.63, 3.8) is 0 Å². The van der Waals surface area contributed by atoms with Gasteiger partial charge >= 0.3 is 0 Å². The van der Waals surface area contributed by atoms with Gasteiger partial charge in [-0.25, -0.2) is 4.98 Å². The van der Waals surface area contributed by atoms with Crippen molar-refractivity contribution in [3.8, 4) is 0 Å². The Kier molecular flexibility index (Phi) is 3.22. The van der Waals surface area contributed by atoms with Crippen molar-refractivity contribution in [3.05, 3.63) is 29.7 Å². The Bertz CT molecular complexity index is 478. The zero-order chi connectivity index (χ0) is 11.5. The molecule has 86 valence electrons. The summed E-state index contributed by atoms with van der Waals surface area (Å²) < 4.78 is 5.51. The lowest BCUT2D eigenvalue weighted by atomic mass is 10.0. The Labute approximate surface area is 94.8 Å². The lowest BCUT2D eigenvalue weighted by Gasteiger charge is -2.15. The summed E-state index contributed by atoms with van der Waals surface area (Å²) in [5.74, 6) is 0.701. The van der Waals surface area contributed by atoms with E-state index in [0.29, 0.717) is 12.4 Å². The first-order valence-corrected chi connectivity index (χ1v) is 5.49. The van der Waals surface area contributed by atoms with E-state index in [2.05, 4.69) is 16.4 Å². The van der Waals surface area contributed by atoms with E-state index in [1.807, 2.05) is 26.1 Å². The Morgan fingerprint density at radius 2 is 2.31 bits per heavy atom. The largest absolute Gasteiger partial charge is 0.441 e. The van der Waals surface area contributed by atoms with Crippen molar-refractivity contribution >= 4 is 11.1 Å². The van der Waals surface area contributed by atoms with E-state index in [1.165, 1.54) is 5.56 Å². The van der Waals surface area contributed by atoms with Crippen LogP contribution in [0.1, 0.15) is 23.9 Å². The van der Waals surface area contributed by atoms with E-state index in [0.717, 1.165) is 17.5 Å². The summed E-state index contributed by atoms with van der Waals surface area (Å²) in [6, 6.07) is 6.37. The molecule has 3 N–H and O–H groups in total. The number of aryl methyl sites for hydroxylation is 1. The van der Waals surface area contributed by atoms with E-state index < -0.39 is 0 Å². The lowest BCUT2D eigenvalue weighted by molar-refractivity contribution is 0.547. The normalized spacial score (nSPS) is 13.2. The van der Waals surface area contributed by atoms with Crippen molar-refractivity contribution in [2.45, 2.75) is 19.4 Å². The molecule has 1 unspecified atom stereocenters. The fourth-order valence-corrected chi connectivity index (χ4v) is 1.92. The second-order valence-corrected chi connectivity index (χ2v) is 3.88. The third-order valence-electron chi connectivity index (χ3n) is 2.73. The van der Waals surface area contributed by atoms with Gasteiger partial charge in [0.25, 0.3) is 0 Å². The highest BCUT2D eigenvalue weighted by Gasteiger charge is 2.10. The minimum absolute atomic E-state index is 0.278. The molecule has 1 aromatic heterocycles. The molecule has 0 saturated carbocycles. The molecular weight excluding hydrogens is 202 g/mol. The molecule has 2 rings (SSSR count). The summed E-state index contributed by atoms with van der Waals surface area (Å²) in [5.41, 5.74) is 8.52. The molecule has 1 heterocycles. The van der Waals surface area contributed by atoms with Crippen LogP contribution >= 0.6 is 0 Å². The highest BCUT2D eigenvalue weighted by molar-refractivity contribution is 5.73. The molecular formula is C12H17N3O. The third-order valence-corrected chi connectivity index (χ3v) is 2.73. The molecule has 0 aliphatic heterocycles. The molecule has 0 aliphatic rings. The first kappa shape index (κ1) is 11.1. The van der Waals surface area contributed by atoms with Crippen LogP contribution in [-0.2, 0) is 0 Å². The quantitative estimate of drug-likeness (QED) is 0.822. The number of hydrogen-bond acceptors (Lipinski definition) is 4. The molecule has 0 bridgehead atoms. The van der Waals surface area contributed by atoms with E-state index in [-0.39, 0.29) is 6.04 Å². The Hall–Kier alpha value is -1.39. The first-order chi connectivity index (χ1) is 7.74. The van der Waals surface area contributed by atoms with E-state index in [9.17, 15) is 0 Å². The van der Waals surface area contributed by atoms with Crippen LogP contribution in [0.2, 0.25) is 0 Å². The number of nitrogens with zero attached hydrogens (tertiary/aromatic N) is 1. The van der Waals surface area contributed by atoms with E-state index in [1.54, 1.807) is 0 Å². The molecule has 1 aromatic carbocycles. The predicted octanol–water partition coefficient (Wildman–Crippen LogP) is 1.75. The Morgan fingerprint density at radius 1 is 1.50 bits per heavy atom. The van der Waals surface area contributed by atoms with E-state index in [4.69, 9.17) is 10.2 Å². The Morgan fingerprint density at radius 3 is 3.00 bits per heavy atom. The minimum Gasteiger partial charge on any atom is -0.441 e. The maximum Gasteiger partial charge on any atom is 0.192 e. The molecule has 4 heteroatoms. The molecule has 16 heavy (non-hydrogen) atoms. The van der Waals surface area contributed by atoms with Gasteiger partial charge in [-0.05, 0) is 37.7 Å². The average Bonchev–Trinajstić information content (AvgIpc) is 2.64. The van der Waals surface area contributed by atoms with Gasteiger partial charge in [0.2, 0.25) is 0 Å². The molecule has 0 aliphatic carbocycles. The number of nitrogens with one attached hydrogen (secondary N) is 1. The van der Waals surface area contributed by atoms with Crippen LogP contribution in [0, 0.1) is 6.92 Å². The second kappa shape index (κ2) is 4.63. The van der Waals surface area contributed by atoms with Crippen LogP contribution in [0.5, 0.6) is 0 Å². The molecule has 0 amide bonds. The zero-order valence-electron chi connectivity index (χ0n) is 9.66. The smallest absolute Gasteiger partial charge is 0.192 e. The van der Waals surface area contributed by atoms with Gasteiger partial charge in [-0.2, -0.15) is 0 Å². The van der Waals surface area contributed by atoms with Crippen molar-refractivity contribution < 1.29 is 4.42 Å². The molecule has 4 nitrogen and oxygen atoms in total. The zero-order valence-corrected chi connectivity index (χ0v) is 9.66. The number of oxazole rings is 1. The summed E-state index contributed by atoms with van der Waals surface area (Å²) >= 11 is 0. The minimum atomic E-state index is 0.278. The van der Waals surface area contributed by atoms with Gasteiger partial charge in [-0.1, -0.05) is 6.07 Å². The summed E-state index contributed by atoms with van der Waals surface area (Å²) in [6.07, 6.45) is 0.912. The summed E-state index contributed by atoms with van der Waals surface area (Å²) in [6.45, 7) is 2.52. The third kappa shape index (κ3) is 2.08. The van der Waals surface area contributed by atoms with Crippen molar-refractivity contribution in [2.75, 3.05) is 13.6 Å². The van der Waals surface area contributed by atoms with Gasteiger partial charge in [0.1, 0.15) is 5.52 Å². The number of hydrogen-bond donors (Lipinski definition) is 2. The topological polar surface area (TPSA) is 64.1 Å². The van der Waals surface area contributed by atoms with Crippen molar-refractivity contribution in [2.24, 2.45) is 5.73 Å². The lowest BCUT2D eigenvalue weighted by Crippen LogP contribution is -2.19. The van der Waals surface area contributed by atoms with Crippen LogP contribution in [0.4, 0.5) is 0 Å². The SMILES string of the molecule is CNC(CCN)c1ccc2nc(C)oc2c1. The monoisotopic (exact) mass is 219 g/mol. The summed E-state index contributed by atoms with van der Waals surface area (Å²) in [5, 5.41) is 3.25. The highest BCUT2D eigenvalue weighted by atomic mass is 16.3. The van der Waals surface area contributed by atoms with Gasteiger partial charge in [0, 0.05) is 13.0 Å². The first-order valence-electron chi connectivity index (χ1n) is 5.49. The summed E-state index contributed by atoms with van der Waals surface area (Å²) in [7, 11) is 1.94. The number of rotatable bonds is 4. The Balaban J connectivity index is 2.36. The molecule has 1 atom stereocenters. The van der Waals surface area contributed by atoms with E-state index >= 15 is 0 Å². The number of nitrogens with two attached hydrogens (primary N) is 1. The average molecular weight is 219 g/mol. The van der Waals surface area contributed by atoms with Crippen LogP contribution < -0.4 is 11.1 Å². The molecule has 0 saturated heterocycles. The standard InChI is InChI=1S/C12H17N3O/c1-8-15-11-4-3-9(7-12(11)16-8)10(14-2)5-6-13/h3-4,7,10,14H,5-6,13H2,1-2H3. The van der Waals surface area contributed by atoms with Gasteiger partial charge in [0.05, 0.1) is 0 Å². The predicted molar refractivity (Wildman–Crippen MR) is 64.2 cm³/mol. The van der Waals surface area contributed by atoms with Gasteiger partial charge in [-0.15, -0.1) is 0 Å². The van der Waals surface area contributed by atoms with Gasteiger partial charge in [0.15, 0.2) is 11.5 Å². The number of aromatic nitrogens is 1. The molecule has 2 aromatic rings. The van der Waals surface area contributed by atoms with Crippen LogP contribution in [0.25, 0.3) is 11.1 Å². The number of benzene rings is 1. The second-order valence-electron chi connectivity index (χ2n) is 3.88. The van der Waals surface area contributed by atoms with Gasteiger partial charge < -0.3 is 15.5 Å². The van der Waals surface area contributed by atoms with Crippen molar-refractivity contribution in [1.82, 2.24) is 10.3 Å².